The first-order valence-electron chi connectivity index (χ1n) is 8.64. The fourth-order valence-corrected chi connectivity index (χ4v) is 4.79. The zero-order chi connectivity index (χ0) is 14.1. The molecule has 1 unspecified atom stereocenters. The van der Waals surface area contributed by atoms with Gasteiger partial charge in [0, 0.05) is 41.5 Å². The molecule has 3 nitrogen and oxygen atoms in total. The van der Waals surface area contributed by atoms with Crippen molar-refractivity contribution in [1.29, 1.82) is 0 Å². The number of nitrogens with zero attached hydrogens (tertiary/aromatic N) is 2. The van der Waals surface area contributed by atoms with E-state index in [0.717, 1.165) is 18.6 Å². The Hall–Kier alpha value is -0.420. The molecule has 2 aliphatic heterocycles. The van der Waals surface area contributed by atoms with E-state index in [4.69, 9.17) is 0 Å². The Kier molecular flexibility index (Phi) is 4.30. The molecule has 3 heterocycles. The lowest BCUT2D eigenvalue weighted by atomic mass is 10.2. The number of fused-ring (bicyclic) bond motifs is 1. The molecule has 4 rings (SSSR count). The van der Waals surface area contributed by atoms with Gasteiger partial charge in [-0.2, -0.15) is 0 Å². The third-order valence-corrected chi connectivity index (χ3v) is 6.20. The van der Waals surface area contributed by atoms with E-state index < -0.39 is 0 Å². The van der Waals surface area contributed by atoms with Gasteiger partial charge in [-0.25, -0.2) is 0 Å². The maximum Gasteiger partial charge on any atom is 0.0328 e. The van der Waals surface area contributed by atoms with Gasteiger partial charge in [-0.15, -0.1) is 11.3 Å². The zero-order valence-electron chi connectivity index (χ0n) is 12.9. The summed E-state index contributed by atoms with van der Waals surface area (Å²) in [6, 6.07) is 6.33. The summed E-state index contributed by atoms with van der Waals surface area (Å²) in [4.78, 5) is 8.47. The fraction of sp³-hybridized carbons (Fsp3) is 0.765. The van der Waals surface area contributed by atoms with Crippen LogP contribution in [0.15, 0.2) is 12.1 Å². The molecule has 21 heavy (non-hydrogen) atoms. The number of nitrogens with one attached hydrogen (secondary N) is 1. The van der Waals surface area contributed by atoms with Crippen LogP contribution in [0.2, 0.25) is 0 Å². The summed E-state index contributed by atoms with van der Waals surface area (Å²) in [5, 5.41) is 3.62. The Labute approximate surface area is 132 Å². The summed E-state index contributed by atoms with van der Waals surface area (Å²) < 4.78 is 0. The minimum absolute atomic E-state index is 0.814. The quantitative estimate of drug-likeness (QED) is 0.902. The third kappa shape index (κ3) is 3.67. The summed E-state index contributed by atoms with van der Waals surface area (Å²) in [6.07, 6.45) is 6.93. The molecule has 3 aliphatic rings. The van der Waals surface area contributed by atoms with Crippen LogP contribution in [0.25, 0.3) is 0 Å². The second-order valence-electron chi connectivity index (χ2n) is 6.94. The molecule has 116 valence electrons. The van der Waals surface area contributed by atoms with Gasteiger partial charge in [0.25, 0.3) is 0 Å². The Morgan fingerprint density at radius 2 is 1.90 bits per heavy atom. The molecule has 1 saturated carbocycles. The van der Waals surface area contributed by atoms with Crippen molar-refractivity contribution in [2.75, 3.05) is 26.2 Å². The molecule has 3 fully saturated rings. The van der Waals surface area contributed by atoms with Crippen LogP contribution >= 0.6 is 11.3 Å². The van der Waals surface area contributed by atoms with E-state index in [9.17, 15) is 0 Å². The maximum atomic E-state index is 3.62. The van der Waals surface area contributed by atoms with Crippen LogP contribution in [0.4, 0.5) is 0 Å². The summed E-state index contributed by atoms with van der Waals surface area (Å²) >= 11 is 2.01. The van der Waals surface area contributed by atoms with Crippen LogP contribution in [0.3, 0.4) is 0 Å². The summed E-state index contributed by atoms with van der Waals surface area (Å²) in [7, 11) is 0. The highest BCUT2D eigenvalue weighted by molar-refractivity contribution is 7.11. The van der Waals surface area contributed by atoms with Crippen molar-refractivity contribution < 1.29 is 0 Å². The Morgan fingerprint density at radius 3 is 2.81 bits per heavy atom. The van der Waals surface area contributed by atoms with E-state index in [1.807, 2.05) is 11.3 Å². The monoisotopic (exact) mass is 305 g/mol. The fourth-order valence-electron chi connectivity index (χ4n) is 3.78. The predicted octanol–water partition coefficient (Wildman–Crippen LogP) is 2.67. The van der Waals surface area contributed by atoms with Gasteiger partial charge in [0.05, 0.1) is 0 Å². The van der Waals surface area contributed by atoms with Crippen molar-refractivity contribution in [3.63, 3.8) is 0 Å². The SMILES string of the molecule is c1cc(CN2CCCN3CCCC3C2)sc1CNC1CC1. The second kappa shape index (κ2) is 6.37. The van der Waals surface area contributed by atoms with E-state index in [1.165, 1.54) is 69.7 Å². The molecule has 1 aromatic rings. The average molecular weight is 305 g/mol. The number of hydrogen-bond acceptors (Lipinski definition) is 4. The van der Waals surface area contributed by atoms with Crippen LogP contribution in [0, 0.1) is 0 Å². The normalized spacial score (nSPS) is 27.7. The first-order chi connectivity index (χ1) is 10.4. The molecular weight excluding hydrogens is 278 g/mol. The number of rotatable bonds is 5. The molecule has 0 aromatic carbocycles. The molecule has 1 N–H and O–H groups in total. The highest BCUT2D eigenvalue weighted by atomic mass is 32.1. The van der Waals surface area contributed by atoms with E-state index >= 15 is 0 Å². The van der Waals surface area contributed by atoms with Crippen LogP contribution < -0.4 is 5.32 Å². The molecular formula is C17H27N3S. The van der Waals surface area contributed by atoms with Gasteiger partial charge >= 0.3 is 0 Å². The predicted molar refractivity (Wildman–Crippen MR) is 88.7 cm³/mol. The smallest absolute Gasteiger partial charge is 0.0328 e. The topological polar surface area (TPSA) is 18.5 Å². The van der Waals surface area contributed by atoms with Gasteiger partial charge in [0.1, 0.15) is 0 Å². The molecule has 2 saturated heterocycles. The van der Waals surface area contributed by atoms with Gasteiger partial charge in [0.15, 0.2) is 0 Å². The van der Waals surface area contributed by atoms with E-state index in [0.29, 0.717) is 0 Å². The van der Waals surface area contributed by atoms with Crippen molar-refractivity contribution >= 4 is 11.3 Å². The standard InChI is InChI=1S/C17H27N3S/c1-3-15-12-19(8-2-10-20(15)9-1)13-17-7-6-16(21-17)11-18-14-4-5-14/h6-7,14-15,18H,1-5,8-13H2. The average Bonchev–Trinajstić information content (AvgIpc) is 3.11. The highest BCUT2D eigenvalue weighted by Gasteiger charge is 2.28. The molecule has 0 amide bonds. The molecule has 0 radical (unpaired) electrons. The zero-order valence-corrected chi connectivity index (χ0v) is 13.7. The largest absolute Gasteiger partial charge is 0.309 e. The van der Waals surface area contributed by atoms with Crippen molar-refractivity contribution in [1.82, 2.24) is 15.1 Å². The summed E-state index contributed by atoms with van der Waals surface area (Å²) in [5.41, 5.74) is 0. The first kappa shape index (κ1) is 14.2. The Balaban J connectivity index is 1.31. The van der Waals surface area contributed by atoms with Crippen molar-refractivity contribution in [2.24, 2.45) is 0 Å². The molecule has 0 spiro atoms. The van der Waals surface area contributed by atoms with Crippen LogP contribution in [0.5, 0.6) is 0 Å². The van der Waals surface area contributed by atoms with Crippen molar-refractivity contribution in [2.45, 2.75) is 57.3 Å². The first-order valence-corrected chi connectivity index (χ1v) is 9.46. The maximum absolute atomic E-state index is 3.62. The lowest BCUT2D eigenvalue weighted by molar-refractivity contribution is 0.216. The highest BCUT2D eigenvalue weighted by Crippen LogP contribution is 2.25. The molecule has 4 heteroatoms. The minimum atomic E-state index is 0.814. The third-order valence-electron chi connectivity index (χ3n) is 5.13. The number of thiophene rings is 1. The Morgan fingerprint density at radius 1 is 1.05 bits per heavy atom. The van der Waals surface area contributed by atoms with Gasteiger partial charge < -0.3 is 5.32 Å². The van der Waals surface area contributed by atoms with Crippen LogP contribution in [-0.4, -0.2) is 48.1 Å². The van der Waals surface area contributed by atoms with Crippen LogP contribution in [0.1, 0.15) is 41.9 Å². The second-order valence-corrected chi connectivity index (χ2v) is 8.20. The Bertz CT molecular complexity index is 468. The van der Waals surface area contributed by atoms with Gasteiger partial charge in [-0.05, 0) is 63.9 Å². The molecule has 1 atom stereocenters. The molecule has 1 aliphatic carbocycles. The summed E-state index contributed by atoms with van der Waals surface area (Å²) in [5.74, 6) is 0. The molecule has 1 aromatic heterocycles. The number of hydrogen-bond donors (Lipinski definition) is 1. The van der Waals surface area contributed by atoms with Crippen LogP contribution in [-0.2, 0) is 13.1 Å². The van der Waals surface area contributed by atoms with Gasteiger partial charge in [0.2, 0.25) is 0 Å². The summed E-state index contributed by atoms with van der Waals surface area (Å²) in [6.45, 7) is 7.47. The van der Waals surface area contributed by atoms with Gasteiger partial charge in [-0.3, -0.25) is 9.80 Å². The van der Waals surface area contributed by atoms with Gasteiger partial charge in [-0.1, -0.05) is 0 Å². The lowest BCUT2D eigenvalue weighted by Gasteiger charge is -2.25. The minimum Gasteiger partial charge on any atom is -0.309 e. The van der Waals surface area contributed by atoms with E-state index in [-0.39, 0.29) is 0 Å². The van der Waals surface area contributed by atoms with Crippen molar-refractivity contribution in [3.8, 4) is 0 Å². The van der Waals surface area contributed by atoms with Crippen molar-refractivity contribution in [3.05, 3.63) is 21.9 Å². The van der Waals surface area contributed by atoms with E-state index in [2.05, 4.69) is 27.2 Å². The molecule has 0 bridgehead atoms. The lowest BCUT2D eigenvalue weighted by Crippen LogP contribution is -2.36. The van der Waals surface area contributed by atoms with E-state index in [1.54, 1.807) is 4.88 Å².